The molecular weight excluding hydrogens is 324 g/mol. The van der Waals surface area contributed by atoms with Crippen molar-refractivity contribution in [1.82, 2.24) is 4.98 Å². The van der Waals surface area contributed by atoms with Crippen LogP contribution >= 0.6 is 11.3 Å². The Kier molecular flexibility index (Phi) is 6.14. The highest BCUT2D eigenvalue weighted by Gasteiger charge is 2.13. The Bertz CT molecular complexity index is 674. The molecule has 0 spiro atoms. The molecule has 0 aliphatic carbocycles. The number of nitrogens with one attached hydrogen (secondary N) is 1. The summed E-state index contributed by atoms with van der Waals surface area (Å²) in [7, 11) is 1.49. The Morgan fingerprint density at radius 2 is 2.22 bits per heavy atom. The van der Waals surface area contributed by atoms with Crippen LogP contribution in [-0.2, 0) is 16.0 Å². The molecule has 1 amide bonds. The van der Waals surface area contributed by atoms with Gasteiger partial charge in [0.05, 0.1) is 12.5 Å². The van der Waals surface area contributed by atoms with Gasteiger partial charge in [-0.05, 0) is 17.7 Å². The number of hydrogen-bond acceptors (Lipinski definition) is 5. The Morgan fingerprint density at radius 3 is 2.87 bits per heavy atom. The monoisotopic (exact) mass is 341 g/mol. The van der Waals surface area contributed by atoms with Gasteiger partial charge in [-0.2, -0.15) is 0 Å². The highest BCUT2D eigenvalue weighted by molar-refractivity contribution is 7.15. The highest BCUT2D eigenvalue weighted by atomic mass is 32.1. The summed E-state index contributed by atoms with van der Waals surface area (Å²) in [4.78, 5) is 16.7. The minimum Gasteiger partial charge on any atom is -0.380 e. The lowest BCUT2D eigenvalue weighted by molar-refractivity contribution is -0.118. The van der Waals surface area contributed by atoms with Crippen molar-refractivity contribution in [2.45, 2.75) is 18.9 Å². The van der Waals surface area contributed by atoms with E-state index < -0.39 is 11.6 Å². The molecule has 0 aliphatic heterocycles. The van der Waals surface area contributed by atoms with Gasteiger partial charge in [0.1, 0.15) is 0 Å². The summed E-state index contributed by atoms with van der Waals surface area (Å²) >= 11 is 1.28. The van der Waals surface area contributed by atoms with Gasteiger partial charge in [0.15, 0.2) is 16.8 Å². The number of methoxy groups -OCH3 is 1. The van der Waals surface area contributed by atoms with Gasteiger partial charge in [-0.1, -0.05) is 6.07 Å². The Hall–Kier alpha value is -1.90. The van der Waals surface area contributed by atoms with E-state index in [0.29, 0.717) is 17.1 Å². The summed E-state index contributed by atoms with van der Waals surface area (Å²) in [6.45, 7) is 0.253. The van der Waals surface area contributed by atoms with Crippen LogP contribution in [0.4, 0.5) is 13.9 Å². The quantitative estimate of drug-likeness (QED) is 0.810. The summed E-state index contributed by atoms with van der Waals surface area (Å²) in [5.74, 6) is -2.00. The third kappa shape index (κ3) is 5.05. The molecule has 2 aromatic rings. The van der Waals surface area contributed by atoms with E-state index in [1.165, 1.54) is 24.5 Å². The van der Waals surface area contributed by atoms with Crippen molar-refractivity contribution in [3.63, 3.8) is 0 Å². The average Bonchev–Trinajstić information content (AvgIpc) is 2.95. The van der Waals surface area contributed by atoms with E-state index in [9.17, 15) is 13.6 Å². The first-order valence-corrected chi connectivity index (χ1v) is 7.74. The van der Waals surface area contributed by atoms with Gasteiger partial charge < -0.3 is 15.8 Å². The number of aromatic nitrogens is 1. The minimum atomic E-state index is -0.882. The third-order valence-corrected chi connectivity index (χ3v) is 4.08. The predicted octanol–water partition coefficient (Wildman–Crippen LogP) is 2.31. The van der Waals surface area contributed by atoms with E-state index in [1.807, 2.05) is 0 Å². The van der Waals surface area contributed by atoms with E-state index in [1.54, 1.807) is 6.20 Å². The molecule has 0 bridgehead atoms. The van der Waals surface area contributed by atoms with Crippen LogP contribution in [0.1, 0.15) is 16.9 Å². The number of benzene rings is 1. The predicted molar refractivity (Wildman–Crippen MR) is 84.4 cm³/mol. The maximum Gasteiger partial charge on any atom is 0.228 e. The maximum atomic E-state index is 13.2. The van der Waals surface area contributed by atoms with E-state index in [0.717, 1.165) is 17.0 Å². The van der Waals surface area contributed by atoms with Crippen molar-refractivity contribution in [1.29, 1.82) is 0 Å². The van der Waals surface area contributed by atoms with Gasteiger partial charge >= 0.3 is 0 Å². The molecule has 2 rings (SSSR count). The number of ether oxygens (including phenoxy) is 1. The van der Waals surface area contributed by atoms with Crippen LogP contribution in [0.25, 0.3) is 0 Å². The molecule has 0 saturated heterocycles. The molecule has 8 heteroatoms. The fourth-order valence-corrected chi connectivity index (χ4v) is 2.80. The molecule has 5 nitrogen and oxygen atoms in total. The first-order chi connectivity index (χ1) is 11.0. The van der Waals surface area contributed by atoms with Crippen LogP contribution in [0.15, 0.2) is 24.4 Å². The lowest BCUT2D eigenvalue weighted by Gasteiger charge is -2.11. The number of carbonyl (C=O) groups excluding carboxylic acids is 1. The number of nitrogens with two attached hydrogens (primary N) is 1. The molecule has 1 aromatic heterocycles. The lowest BCUT2D eigenvalue weighted by Crippen LogP contribution is -2.28. The maximum absolute atomic E-state index is 13.2. The zero-order chi connectivity index (χ0) is 16.8. The van der Waals surface area contributed by atoms with Crippen LogP contribution in [-0.4, -0.2) is 30.6 Å². The lowest BCUT2D eigenvalue weighted by atomic mass is 10.1. The second kappa shape index (κ2) is 8.09. The molecule has 124 valence electrons. The van der Waals surface area contributed by atoms with Crippen LogP contribution in [0.2, 0.25) is 0 Å². The molecule has 1 atom stereocenters. The molecule has 23 heavy (non-hydrogen) atoms. The van der Waals surface area contributed by atoms with Crippen molar-refractivity contribution in [3.8, 4) is 0 Å². The standard InChI is InChI=1S/C15H17F2N3O2S/c1-22-10(7-18)6-14(21)20-15-19-8-11(23-15)4-9-2-3-12(16)13(17)5-9/h2-3,5,8,10H,4,6-7,18H2,1H3,(H,19,20,21). The van der Waals surface area contributed by atoms with Crippen molar-refractivity contribution >= 4 is 22.4 Å². The zero-order valence-electron chi connectivity index (χ0n) is 12.5. The number of halogens is 2. The van der Waals surface area contributed by atoms with Gasteiger partial charge in [0.25, 0.3) is 0 Å². The molecule has 0 saturated carbocycles. The number of nitrogens with zero attached hydrogens (tertiary/aromatic N) is 1. The van der Waals surface area contributed by atoms with Crippen molar-refractivity contribution in [2.75, 3.05) is 19.0 Å². The number of hydrogen-bond donors (Lipinski definition) is 2. The van der Waals surface area contributed by atoms with Gasteiger partial charge in [0.2, 0.25) is 5.91 Å². The van der Waals surface area contributed by atoms with Crippen LogP contribution < -0.4 is 11.1 Å². The van der Waals surface area contributed by atoms with Crippen LogP contribution in [0.5, 0.6) is 0 Å². The molecule has 1 aromatic carbocycles. The fraction of sp³-hybridized carbons (Fsp3) is 0.333. The van der Waals surface area contributed by atoms with Gasteiger partial charge in [-0.3, -0.25) is 4.79 Å². The van der Waals surface area contributed by atoms with Gasteiger partial charge in [-0.15, -0.1) is 11.3 Å². The molecule has 0 radical (unpaired) electrons. The largest absolute Gasteiger partial charge is 0.380 e. The highest BCUT2D eigenvalue weighted by Crippen LogP contribution is 2.22. The average molecular weight is 341 g/mol. The van der Waals surface area contributed by atoms with E-state index in [2.05, 4.69) is 10.3 Å². The van der Waals surface area contributed by atoms with E-state index >= 15 is 0 Å². The van der Waals surface area contributed by atoms with Crippen molar-refractivity contribution in [2.24, 2.45) is 5.73 Å². The molecule has 0 fully saturated rings. The summed E-state index contributed by atoms with van der Waals surface area (Å²) < 4.78 is 31.1. The van der Waals surface area contributed by atoms with E-state index in [4.69, 9.17) is 10.5 Å². The fourth-order valence-electron chi connectivity index (χ4n) is 1.94. The second-order valence-corrected chi connectivity index (χ2v) is 6.02. The smallest absolute Gasteiger partial charge is 0.228 e. The van der Waals surface area contributed by atoms with Crippen molar-refractivity contribution < 1.29 is 18.3 Å². The first-order valence-electron chi connectivity index (χ1n) is 6.93. The normalized spacial score (nSPS) is 12.2. The Balaban J connectivity index is 1.95. The topological polar surface area (TPSA) is 77.2 Å². The summed E-state index contributed by atoms with van der Waals surface area (Å²) in [6.07, 6.45) is 1.81. The first kappa shape index (κ1) is 17.5. The van der Waals surface area contributed by atoms with Gasteiger partial charge in [0, 0.05) is 31.1 Å². The van der Waals surface area contributed by atoms with E-state index in [-0.39, 0.29) is 25.0 Å². The Labute approximate surface area is 136 Å². The number of thiazole rings is 1. The number of amides is 1. The summed E-state index contributed by atoms with van der Waals surface area (Å²) in [5.41, 5.74) is 6.09. The second-order valence-electron chi connectivity index (χ2n) is 4.90. The molecule has 1 unspecified atom stereocenters. The van der Waals surface area contributed by atoms with Gasteiger partial charge in [-0.25, -0.2) is 13.8 Å². The number of rotatable bonds is 7. The molecule has 1 heterocycles. The van der Waals surface area contributed by atoms with Crippen LogP contribution in [0, 0.1) is 11.6 Å². The third-order valence-electron chi connectivity index (χ3n) is 3.17. The molecule has 0 aliphatic rings. The van der Waals surface area contributed by atoms with Crippen molar-refractivity contribution in [3.05, 3.63) is 46.5 Å². The SMILES string of the molecule is COC(CN)CC(=O)Nc1ncc(Cc2ccc(F)c(F)c2)s1. The molecular formula is C15H17F2N3O2S. The van der Waals surface area contributed by atoms with Crippen LogP contribution in [0.3, 0.4) is 0 Å². The zero-order valence-corrected chi connectivity index (χ0v) is 13.3. The molecule has 3 N–H and O–H groups in total. The summed E-state index contributed by atoms with van der Waals surface area (Å²) in [5, 5.41) is 3.11. The number of carbonyl (C=O) groups is 1. The minimum absolute atomic E-state index is 0.144. The number of anilines is 1. The summed E-state index contributed by atoms with van der Waals surface area (Å²) in [6, 6.07) is 3.75. The Morgan fingerprint density at radius 1 is 1.43 bits per heavy atom.